The maximum absolute atomic E-state index is 13.3. The van der Waals surface area contributed by atoms with Crippen molar-refractivity contribution in [1.29, 1.82) is 0 Å². The minimum absolute atomic E-state index is 0.00532. The van der Waals surface area contributed by atoms with Crippen molar-refractivity contribution in [3.05, 3.63) is 53.9 Å². The number of nitrogens with two attached hydrogens (primary N) is 1. The summed E-state index contributed by atoms with van der Waals surface area (Å²) in [6, 6.07) is 9.79. The Morgan fingerprint density at radius 2 is 1.88 bits per heavy atom. The van der Waals surface area contributed by atoms with Crippen LogP contribution in [0.1, 0.15) is 70.8 Å². The Morgan fingerprint density at radius 3 is 2.71 bits per heavy atom. The molecule has 4 aliphatic carbocycles. The normalized spacial score (nSPS) is 32.0. The molecule has 0 radical (unpaired) electrons. The summed E-state index contributed by atoms with van der Waals surface area (Å²) in [6.07, 6.45) is 11.4. The second-order valence-electron chi connectivity index (χ2n) is 13.3. The van der Waals surface area contributed by atoms with E-state index in [1.165, 1.54) is 5.57 Å². The van der Waals surface area contributed by atoms with Crippen molar-refractivity contribution >= 4 is 28.9 Å². The number of esters is 1. The van der Waals surface area contributed by atoms with E-state index in [0.29, 0.717) is 47.7 Å². The first-order chi connectivity index (χ1) is 20.2. The highest BCUT2D eigenvalue weighted by Crippen LogP contribution is 2.65. The van der Waals surface area contributed by atoms with Crippen LogP contribution in [0.5, 0.6) is 5.88 Å². The zero-order valence-electron chi connectivity index (χ0n) is 24.4. The van der Waals surface area contributed by atoms with Crippen LogP contribution in [0.2, 0.25) is 0 Å². The summed E-state index contributed by atoms with van der Waals surface area (Å²) >= 11 is 0. The van der Waals surface area contributed by atoms with Crippen LogP contribution in [0.4, 0.5) is 5.95 Å². The first kappa shape index (κ1) is 27.1. The van der Waals surface area contributed by atoms with Gasteiger partial charge in [-0.25, -0.2) is 4.98 Å². The number of rotatable bonds is 6. The summed E-state index contributed by atoms with van der Waals surface area (Å²) in [7, 11) is 0. The Hall–Kier alpha value is -3.75. The Morgan fingerprint density at radius 1 is 1.05 bits per heavy atom. The van der Waals surface area contributed by atoms with Crippen LogP contribution in [-0.2, 0) is 27.5 Å². The molecule has 3 unspecified atom stereocenters. The molecule has 220 valence electrons. The molecule has 42 heavy (non-hydrogen) atoms. The number of carbonyl (C=O) groups is 2. The Kier molecular flexibility index (Phi) is 6.59. The molecule has 9 nitrogen and oxygen atoms in total. The van der Waals surface area contributed by atoms with Crippen molar-refractivity contribution in [3.63, 3.8) is 0 Å². The zero-order valence-corrected chi connectivity index (χ0v) is 24.4. The van der Waals surface area contributed by atoms with Crippen LogP contribution < -0.4 is 10.5 Å². The van der Waals surface area contributed by atoms with Crippen LogP contribution in [0.25, 0.3) is 11.2 Å². The number of imidazole rings is 1. The third kappa shape index (κ3) is 4.48. The summed E-state index contributed by atoms with van der Waals surface area (Å²) in [5, 5.41) is 0. The van der Waals surface area contributed by atoms with Gasteiger partial charge in [0.05, 0.1) is 6.33 Å². The second kappa shape index (κ2) is 10.2. The van der Waals surface area contributed by atoms with Gasteiger partial charge in [-0.2, -0.15) is 9.97 Å². The number of carbonyl (C=O) groups excluding carboxylic acids is 2. The van der Waals surface area contributed by atoms with Gasteiger partial charge in [0.1, 0.15) is 19.3 Å². The van der Waals surface area contributed by atoms with E-state index >= 15 is 0 Å². The van der Waals surface area contributed by atoms with Crippen molar-refractivity contribution in [2.75, 3.05) is 5.73 Å². The van der Waals surface area contributed by atoms with Gasteiger partial charge in [0, 0.05) is 11.8 Å². The van der Waals surface area contributed by atoms with Gasteiger partial charge in [0.25, 0.3) is 0 Å². The highest BCUT2D eigenvalue weighted by atomic mass is 16.5. The number of benzene rings is 1. The first-order valence-corrected chi connectivity index (χ1v) is 15.3. The predicted molar refractivity (Wildman–Crippen MR) is 157 cm³/mol. The highest BCUT2D eigenvalue weighted by molar-refractivity contribution is 5.91. The van der Waals surface area contributed by atoms with Crippen LogP contribution in [0.15, 0.2) is 48.3 Å². The van der Waals surface area contributed by atoms with E-state index in [0.717, 1.165) is 50.5 Å². The number of ketones is 1. The number of allylic oxidation sites excluding steroid dienone is 1. The molecule has 2 N–H and O–H groups in total. The number of nitrogens with zero attached hydrogens (tertiary/aromatic N) is 4. The third-order valence-electron chi connectivity index (χ3n) is 11.1. The predicted octanol–water partition coefficient (Wildman–Crippen LogP) is 5.43. The lowest BCUT2D eigenvalue weighted by atomic mass is 9.47. The van der Waals surface area contributed by atoms with E-state index in [4.69, 9.17) is 15.2 Å². The van der Waals surface area contributed by atoms with Crippen molar-refractivity contribution in [3.8, 4) is 5.88 Å². The fourth-order valence-electron chi connectivity index (χ4n) is 8.92. The number of anilines is 1. The molecular formula is C33H39N5O4. The second-order valence-corrected chi connectivity index (χ2v) is 13.3. The first-order valence-electron chi connectivity index (χ1n) is 15.3. The van der Waals surface area contributed by atoms with E-state index in [9.17, 15) is 9.59 Å². The van der Waals surface area contributed by atoms with Crippen molar-refractivity contribution in [2.24, 2.45) is 28.6 Å². The van der Waals surface area contributed by atoms with Gasteiger partial charge in [-0.05, 0) is 79.8 Å². The molecule has 0 amide bonds. The topological polar surface area (TPSA) is 122 Å². The molecule has 1 aromatic carbocycles. The van der Waals surface area contributed by atoms with Gasteiger partial charge in [-0.3, -0.25) is 9.59 Å². The Balaban J connectivity index is 1.04. The summed E-state index contributed by atoms with van der Waals surface area (Å²) < 4.78 is 13.8. The Labute approximate surface area is 245 Å². The van der Waals surface area contributed by atoms with Crippen LogP contribution in [-0.4, -0.2) is 37.4 Å². The van der Waals surface area contributed by atoms with Gasteiger partial charge in [-0.15, -0.1) is 0 Å². The average Bonchev–Trinajstić information content (AvgIpc) is 3.53. The molecule has 2 heterocycles. The van der Waals surface area contributed by atoms with E-state index in [2.05, 4.69) is 28.8 Å². The maximum atomic E-state index is 13.3. The number of ether oxygens (including phenoxy) is 2. The number of hydrogen-bond acceptors (Lipinski definition) is 8. The summed E-state index contributed by atoms with van der Waals surface area (Å²) in [5.41, 5.74) is 9.41. The van der Waals surface area contributed by atoms with Crippen LogP contribution in [0.3, 0.4) is 0 Å². The standard InChI is InChI=1S/C33H39N5O4/c1-32-14-12-22(39)16-21(32)8-9-23-24-10-11-26(33(24,2)15-13-25(23)32)42-27(40)17-38-19-35-28-29(38)36-31(34)37-30(28)41-18-20-6-4-3-5-7-20/h3-7,16,19,23-26H,8-15,17-18H2,1-2H3,(H2,34,36,37)/t23?,24?,25?,26-,32-,33-/m0/s1. The molecule has 7 rings (SSSR count). The summed E-state index contributed by atoms with van der Waals surface area (Å²) in [5.74, 6) is 2.12. The van der Waals surface area contributed by atoms with Crippen molar-refractivity contribution in [2.45, 2.75) is 84.5 Å². The zero-order chi connectivity index (χ0) is 29.1. The SMILES string of the molecule is C[C@]12CCC(=O)C=C1CCC1C2CC[C@@]2(C)C1CC[C@@H]2OC(=O)Cn1cnc2c(OCc3ccccc3)nc(N)nc21. The van der Waals surface area contributed by atoms with Gasteiger partial charge >= 0.3 is 5.97 Å². The van der Waals surface area contributed by atoms with E-state index in [1.54, 1.807) is 10.9 Å². The molecular weight excluding hydrogens is 530 g/mol. The van der Waals surface area contributed by atoms with Gasteiger partial charge < -0.3 is 19.8 Å². The number of nitrogen functional groups attached to an aromatic ring is 1. The molecule has 9 heteroatoms. The fourth-order valence-corrected chi connectivity index (χ4v) is 8.92. The van der Waals surface area contributed by atoms with Crippen molar-refractivity contribution < 1.29 is 19.1 Å². The van der Waals surface area contributed by atoms with Gasteiger partial charge in [-0.1, -0.05) is 49.8 Å². The molecule has 0 bridgehead atoms. The lowest BCUT2D eigenvalue weighted by Crippen LogP contribution is -2.51. The molecule has 3 saturated carbocycles. The molecule has 0 aliphatic heterocycles. The smallest absolute Gasteiger partial charge is 0.326 e. The minimum atomic E-state index is -0.293. The molecule has 0 saturated heterocycles. The van der Waals surface area contributed by atoms with E-state index in [1.807, 2.05) is 36.4 Å². The summed E-state index contributed by atoms with van der Waals surface area (Å²) in [4.78, 5) is 38.5. The van der Waals surface area contributed by atoms with Gasteiger partial charge in [0.2, 0.25) is 11.8 Å². The molecule has 0 spiro atoms. The van der Waals surface area contributed by atoms with Crippen LogP contribution in [0, 0.1) is 28.6 Å². The third-order valence-corrected chi connectivity index (χ3v) is 11.1. The molecule has 4 aliphatic rings. The number of aromatic nitrogens is 4. The van der Waals surface area contributed by atoms with E-state index < -0.39 is 0 Å². The minimum Gasteiger partial charge on any atom is -0.471 e. The molecule has 3 fully saturated rings. The molecule has 3 aromatic rings. The summed E-state index contributed by atoms with van der Waals surface area (Å²) in [6.45, 7) is 5.06. The largest absolute Gasteiger partial charge is 0.471 e. The quantitative estimate of drug-likeness (QED) is 0.390. The van der Waals surface area contributed by atoms with Crippen LogP contribution >= 0.6 is 0 Å². The average molecular weight is 570 g/mol. The Bertz CT molecular complexity index is 1570. The lowest BCUT2D eigenvalue weighted by Gasteiger charge is -2.57. The molecule has 6 atom stereocenters. The fraction of sp³-hybridized carbons (Fsp3) is 0.545. The maximum Gasteiger partial charge on any atom is 0.326 e. The number of hydrogen-bond donors (Lipinski definition) is 1. The van der Waals surface area contributed by atoms with Crippen molar-refractivity contribution in [1.82, 2.24) is 19.5 Å². The van der Waals surface area contributed by atoms with E-state index in [-0.39, 0.29) is 41.3 Å². The highest BCUT2D eigenvalue weighted by Gasteiger charge is 2.60. The monoisotopic (exact) mass is 569 g/mol. The lowest BCUT2D eigenvalue weighted by molar-refractivity contribution is -0.160. The number of fused-ring (bicyclic) bond motifs is 6. The van der Waals surface area contributed by atoms with Gasteiger partial charge in [0.15, 0.2) is 16.9 Å². The molecule has 2 aromatic heterocycles.